The summed E-state index contributed by atoms with van der Waals surface area (Å²) in [7, 11) is 0. The van der Waals surface area contributed by atoms with Gasteiger partial charge in [0.25, 0.3) is 0 Å². The molecule has 0 spiro atoms. The van der Waals surface area contributed by atoms with Crippen molar-refractivity contribution in [2.45, 2.75) is 81.7 Å². The summed E-state index contributed by atoms with van der Waals surface area (Å²) >= 11 is 0. The molecule has 0 amide bonds. The molecule has 0 fully saturated rings. The average Bonchev–Trinajstić information content (AvgIpc) is 2.54. The van der Waals surface area contributed by atoms with E-state index in [0.29, 0.717) is 0 Å². The molecule has 1 aromatic carbocycles. The maximum absolute atomic E-state index is 3.37. The smallest absolute Gasteiger partial charge is 0.0208 e. The molecule has 1 N–H and O–H groups in total. The van der Waals surface area contributed by atoms with E-state index < -0.39 is 0 Å². The van der Waals surface area contributed by atoms with Crippen LogP contribution in [0.3, 0.4) is 0 Å². The Bertz CT molecular complexity index is 279. The lowest BCUT2D eigenvalue weighted by Gasteiger charge is -2.16. The summed E-state index contributed by atoms with van der Waals surface area (Å²) in [4.78, 5) is 0. The fourth-order valence-electron chi connectivity index (χ4n) is 1.61. The topological polar surface area (TPSA) is 12.0 Å². The summed E-state index contributed by atoms with van der Waals surface area (Å²) in [5.74, 6) is 0. The summed E-state index contributed by atoms with van der Waals surface area (Å²) in [5, 5.41) is 3.37. The van der Waals surface area contributed by atoms with Gasteiger partial charge in [0.1, 0.15) is 0 Å². The van der Waals surface area contributed by atoms with E-state index in [9.17, 15) is 0 Å². The van der Waals surface area contributed by atoms with Gasteiger partial charge in [-0.05, 0) is 31.0 Å². The van der Waals surface area contributed by atoms with Crippen molar-refractivity contribution >= 4 is 0 Å². The molecule has 1 aliphatic heterocycles. The van der Waals surface area contributed by atoms with Gasteiger partial charge in [-0.2, -0.15) is 0 Å². The van der Waals surface area contributed by atoms with Gasteiger partial charge in [0.2, 0.25) is 0 Å². The van der Waals surface area contributed by atoms with Crippen LogP contribution >= 0.6 is 0 Å². The maximum Gasteiger partial charge on any atom is 0.0208 e. The molecule has 1 aliphatic rings. The normalized spacial score (nSPS) is 10.7. The SMILES string of the molecule is CC.CC.CC.CCC.Cc1ccc2c(c1)CNCC2. The van der Waals surface area contributed by atoms with Gasteiger partial charge in [-0.3, -0.25) is 0 Å². The van der Waals surface area contributed by atoms with E-state index >= 15 is 0 Å². The van der Waals surface area contributed by atoms with Gasteiger partial charge < -0.3 is 5.32 Å². The third kappa shape index (κ3) is 12.2. The number of rotatable bonds is 0. The molecule has 1 heterocycles. The van der Waals surface area contributed by atoms with Gasteiger partial charge in [0, 0.05) is 6.54 Å². The molecule has 0 aromatic heterocycles. The van der Waals surface area contributed by atoms with Crippen molar-refractivity contribution in [2.75, 3.05) is 6.54 Å². The second-order valence-electron chi connectivity index (χ2n) is 3.91. The Morgan fingerprint density at radius 1 is 0.900 bits per heavy atom. The van der Waals surface area contributed by atoms with Crippen LogP contribution in [0.5, 0.6) is 0 Å². The highest BCUT2D eigenvalue weighted by Crippen LogP contribution is 2.14. The molecule has 1 aromatic rings. The Labute approximate surface area is 129 Å². The van der Waals surface area contributed by atoms with Gasteiger partial charge in [-0.15, -0.1) is 0 Å². The van der Waals surface area contributed by atoms with Crippen molar-refractivity contribution in [3.8, 4) is 0 Å². The molecule has 0 saturated heterocycles. The minimum atomic E-state index is 1.05. The Balaban J connectivity index is -0.000000275. The fourth-order valence-corrected chi connectivity index (χ4v) is 1.61. The molecule has 2 rings (SSSR count). The van der Waals surface area contributed by atoms with E-state index in [1.807, 2.05) is 41.5 Å². The number of fused-ring (bicyclic) bond motifs is 1. The van der Waals surface area contributed by atoms with E-state index in [1.54, 1.807) is 0 Å². The first-order valence-electron chi connectivity index (χ1n) is 8.57. The van der Waals surface area contributed by atoms with E-state index in [4.69, 9.17) is 0 Å². The molecule has 0 atom stereocenters. The van der Waals surface area contributed by atoms with Crippen LogP contribution in [0, 0.1) is 6.92 Å². The van der Waals surface area contributed by atoms with Crippen molar-refractivity contribution in [1.82, 2.24) is 5.32 Å². The van der Waals surface area contributed by atoms with Crippen LogP contribution < -0.4 is 5.32 Å². The quantitative estimate of drug-likeness (QED) is 0.602. The van der Waals surface area contributed by atoms with Crippen molar-refractivity contribution in [3.05, 3.63) is 34.9 Å². The zero-order valence-corrected chi connectivity index (χ0v) is 15.6. The van der Waals surface area contributed by atoms with E-state index in [-0.39, 0.29) is 0 Å². The minimum absolute atomic E-state index is 1.05. The molecule has 120 valence electrons. The van der Waals surface area contributed by atoms with Gasteiger partial charge in [-0.25, -0.2) is 0 Å². The number of hydrogen-bond donors (Lipinski definition) is 1. The molecule has 0 aliphatic carbocycles. The summed E-state index contributed by atoms with van der Waals surface area (Å²) in [6, 6.07) is 6.73. The maximum atomic E-state index is 3.37. The predicted octanol–water partition coefficient (Wildman–Crippen LogP) is 6.14. The molecule has 0 unspecified atom stereocenters. The van der Waals surface area contributed by atoms with Crippen molar-refractivity contribution in [1.29, 1.82) is 0 Å². The lowest BCUT2D eigenvalue weighted by molar-refractivity contribution is 0.643. The highest BCUT2D eigenvalue weighted by molar-refractivity contribution is 5.32. The van der Waals surface area contributed by atoms with Crippen LogP contribution in [0.4, 0.5) is 0 Å². The Morgan fingerprint density at radius 2 is 1.40 bits per heavy atom. The third-order valence-corrected chi connectivity index (χ3v) is 2.25. The van der Waals surface area contributed by atoms with Crippen LogP contribution in [0.25, 0.3) is 0 Å². The molecule has 0 radical (unpaired) electrons. The number of hydrogen-bond acceptors (Lipinski definition) is 1. The zero-order chi connectivity index (χ0) is 16.4. The third-order valence-electron chi connectivity index (χ3n) is 2.25. The summed E-state index contributed by atoms with van der Waals surface area (Å²) in [6.07, 6.45) is 2.44. The van der Waals surface area contributed by atoms with Crippen LogP contribution in [-0.4, -0.2) is 6.54 Å². The predicted molar refractivity (Wildman–Crippen MR) is 96.6 cm³/mol. The van der Waals surface area contributed by atoms with E-state index in [1.165, 1.54) is 29.5 Å². The first-order chi connectivity index (χ1) is 9.77. The highest BCUT2D eigenvalue weighted by atomic mass is 14.9. The molecule has 0 saturated carbocycles. The summed E-state index contributed by atoms with van der Waals surface area (Å²) < 4.78 is 0. The van der Waals surface area contributed by atoms with Gasteiger partial charge in [0.05, 0.1) is 0 Å². The second kappa shape index (κ2) is 20.5. The van der Waals surface area contributed by atoms with Crippen LogP contribution in [0.15, 0.2) is 18.2 Å². The fraction of sp³-hybridized carbons (Fsp3) is 0.684. The number of benzene rings is 1. The van der Waals surface area contributed by atoms with Crippen LogP contribution in [0.1, 0.15) is 78.5 Å². The first-order valence-corrected chi connectivity index (χ1v) is 8.57. The Morgan fingerprint density at radius 3 is 1.90 bits per heavy atom. The van der Waals surface area contributed by atoms with Crippen molar-refractivity contribution in [3.63, 3.8) is 0 Å². The van der Waals surface area contributed by atoms with Gasteiger partial charge in [0.15, 0.2) is 0 Å². The number of nitrogens with one attached hydrogen (secondary N) is 1. The molecule has 1 nitrogen and oxygen atoms in total. The number of aryl methyl sites for hydroxylation is 1. The van der Waals surface area contributed by atoms with Crippen LogP contribution in [0.2, 0.25) is 0 Å². The van der Waals surface area contributed by atoms with Gasteiger partial charge in [-0.1, -0.05) is 85.6 Å². The van der Waals surface area contributed by atoms with Crippen molar-refractivity contribution in [2.24, 2.45) is 0 Å². The Kier molecular flexibility index (Phi) is 24.8. The van der Waals surface area contributed by atoms with Gasteiger partial charge >= 0.3 is 0 Å². The zero-order valence-electron chi connectivity index (χ0n) is 15.6. The Hall–Kier alpha value is -0.820. The van der Waals surface area contributed by atoms with E-state index in [0.717, 1.165) is 13.1 Å². The highest BCUT2D eigenvalue weighted by Gasteiger charge is 2.06. The first kappa shape index (κ1) is 24.2. The van der Waals surface area contributed by atoms with Crippen molar-refractivity contribution < 1.29 is 0 Å². The van der Waals surface area contributed by atoms with Crippen LogP contribution in [-0.2, 0) is 13.0 Å². The lowest BCUT2D eigenvalue weighted by Crippen LogP contribution is -2.23. The summed E-state index contributed by atoms with van der Waals surface area (Å²) in [6.45, 7) is 20.6. The molecule has 0 bridgehead atoms. The standard InChI is InChI=1S/C10H13N.C3H8.3C2H6/c1-8-2-3-9-4-5-11-7-10(9)6-8;1-3-2;3*1-2/h2-3,6,11H,4-5,7H2,1H3;3H2,1-2H3;3*1-2H3. The second-order valence-corrected chi connectivity index (χ2v) is 3.91. The molecule has 1 heteroatoms. The molecular weight excluding hydrogens is 242 g/mol. The largest absolute Gasteiger partial charge is 0.312 e. The average molecular weight is 282 g/mol. The monoisotopic (exact) mass is 281 g/mol. The molecular formula is C19H39N. The summed E-state index contributed by atoms with van der Waals surface area (Å²) in [5.41, 5.74) is 4.37. The minimum Gasteiger partial charge on any atom is -0.312 e. The lowest BCUT2D eigenvalue weighted by atomic mass is 9.99. The van der Waals surface area contributed by atoms with E-state index in [2.05, 4.69) is 44.3 Å². The molecule has 20 heavy (non-hydrogen) atoms.